The third-order valence-electron chi connectivity index (χ3n) is 4.03. The average molecular weight is 375 g/mol. The van der Waals surface area contributed by atoms with E-state index in [-0.39, 0.29) is 10.8 Å². The number of rotatable bonds is 9. The van der Waals surface area contributed by atoms with Gasteiger partial charge in [-0.05, 0) is 49.6 Å². The molecular formula is C20H26N2O3S. The number of anilines is 1. The molecule has 0 aliphatic heterocycles. The average Bonchev–Trinajstić information content (AvgIpc) is 2.62. The molecule has 0 bridgehead atoms. The molecule has 0 saturated carbocycles. The highest BCUT2D eigenvalue weighted by atomic mass is 32.2. The fourth-order valence-corrected chi connectivity index (χ4v) is 3.48. The highest BCUT2D eigenvalue weighted by molar-refractivity contribution is 7.92. The van der Waals surface area contributed by atoms with Crippen molar-refractivity contribution in [1.82, 2.24) is 5.32 Å². The van der Waals surface area contributed by atoms with Crippen LogP contribution in [0, 0.1) is 6.92 Å². The summed E-state index contributed by atoms with van der Waals surface area (Å²) in [5.41, 5.74) is 2.53. The fourth-order valence-electron chi connectivity index (χ4n) is 2.42. The van der Waals surface area contributed by atoms with Gasteiger partial charge in [0.2, 0.25) is 5.91 Å². The quantitative estimate of drug-likeness (QED) is 0.658. The standard InChI is InChI=1S/C20H26N2O3S/c1-3-4-15-21-20(23)14-9-17-7-12-19(13-8-17)26(24,25)22-18-10-5-16(2)6-11-18/h5-8,10-13,22H,3-4,9,14-15H2,1-2H3,(H,21,23). The molecule has 2 rings (SSSR count). The molecule has 6 heteroatoms. The van der Waals surface area contributed by atoms with E-state index in [1.165, 1.54) is 0 Å². The Kier molecular flexibility index (Phi) is 7.21. The summed E-state index contributed by atoms with van der Waals surface area (Å²) in [5.74, 6) is 0.0242. The predicted octanol–water partition coefficient (Wildman–Crippen LogP) is 3.64. The molecular weight excluding hydrogens is 348 g/mol. The van der Waals surface area contributed by atoms with E-state index in [1.807, 2.05) is 19.1 Å². The van der Waals surface area contributed by atoms with Crippen molar-refractivity contribution in [2.75, 3.05) is 11.3 Å². The van der Waals surface area contributed by atoms with Crippen LogP contribution in [0.15, 0.2) is 53.4 Å². The van der Waals surface area contributed by atoms with Crippen molar-refractivity contribution in [2.24, 2.45) is 0 Å². The Labute approximate surface area is 155 Å². The smallest absolute Gasteiger partial charge is 0.261 e. The van der Waals surface area contributed by atoms with Gasteiger partial charge in [-0.1, -0.05) is 43.2 Å². The van der Waals surface area contributed by atoms with Crippen molar-refractivity contribution in [3.05, 3.63) is 59.7 Å². The normalized spacial score (nSPS) is 11.2. The van der Waals surface area contributed by atoms with Crippen LogP contribution in [-0.4, -0.2) is 20.9 Å². The summed E-state index contributed by atoms with van der Waals surface area (Å²) < 4.78 is 27.4. The summed E-state index contributed by atoms with van der Waals surface area (Å²) in [6.07, 6.45) is 3.01. The number of aryl methyl sites for hydroxylation is 2. The molecule has 0 aliphatic rings. The number of carbonyl (C=O) groups is 1. The van der Waals surface area contributed by atoms with E-state index < -0.39 is 10.0 Å². The molecule has 2 N–H and O–H groups in total. The summed E-state index contributed by atoms with van der Waals surface area (Å²) in [6, 6.07) is 13.8. The van der Waals surface area contributed by atoms with Crippen LogP contribution in [0.1, 0.15) is 37.3 Å². The highest BCUT2D eigenvalue weighted by Gasteiger charge is 2.14. The van der Waals surface area contributed by atoms with E-state index in [9.17, 15) is 13.2 Å². The van der Waals surface area contributed by atoms with Crippen LogP contribution in [-0.2, 0) is 21.2 Å². The minimum atomic E-state index is -3.62. The highest BCUT2D eigenvalue weighted by Crippen LogP contribution is 2.17. The van der Waals surface area contributed by atoms with Gasteiger partial charge in [0.1, 0.15) is 0 Å². The zero-order valence-electron chi connectivity index (χ0n) is 15.3. The van der Waals surface area contributed by atoms with Crippen LogP contribution < -0.4 is 10.0 Å². The lowest BCUT2D eigenvalue weighted by Gasteiger charge is -2.09. The lowest BCUT2D eigenvalue weighted by atomic mass is 10.1. The number of sulfonamides is 1. The Morgan fingerprint density at radius 2 is 1.65 bits per heavy atom. The molecule has 0 fully saturated rings. The second-order valence-corrected chi connectivity index (χ2v) is 8.00. The lowest BCUT2D eigenvalue weighted by Crippen LogP contribution is -2.24. The largest absolute Gasteiger partial charge is 0.356 e. The van der Waals surface area contributed by atoms with Crippen LogP contribution in [0.25, 0.3) is 0 Å². The minimum Gasteiger partial charge on any atom is -0.356 e. The first-order valence-corrected chi connectivity index (χ1v) is 10.3. The third kappa shape index (κ3) is 6.19. The Bertz CT molecular complexity index is 813. The van der Waals surface area contributed by atoms with Gasteiger partial charge in [-0.25, -0.2) is 8.42 Å². The lowest BCUT2D eigenvalue weighted by molar-refractivity contribution is -0.121. The first-order chi connectivity index (χ1) is 12.4. The van der Waals surface area contributed by atoms with Crippen molar-refractivity contribution < 1.29 is 13.2 Å². The van der Waals surface area contributed by atoms with Crippen molar-refractivity contribution in [2.45, 2.75) is 44.4 Å². The van der Waals surface area contributed by atoms with Crippen molar-refractivity contribution >= 4 is 21.6 Å². The Hall–Kier alpha value is -2.34. The molecule has 5 nitrogen and oxygen atoms in total. The number of unbranched alkanes of at least 4 members (excludes halogenated alkanes) is 1. The van der Waals surface area contributed by atoms with Gasteiger partial charge in [-0.15, -0.1) is 0 Å². The Morgan fingerprint density at radius 1 is 1.00 bits per heavy atom. The number of hydrogen-bond donors (Lipinski definition) is 2. The van der Waals surface area contributed by atoms with Crippen molar-refractivity contribution in [3.8, 4) is 0 Å². The number of benzene rings is 2. The van der Waals surface area contributed by atoms with E-state index in [0.29, 0.717) is 25.1 Å². The molecule has 0 aliphatic carbocycles. The topological polar surface area (TPSA) is 75.3 Å². The van der Waals surface area contributed by atoms with Gasteiger partial charge in [0, 0.05) is 18.7 Å². The summed E-state index contributed by atoms with van der Waals surface area (Å²) in [6.45, 7) is 4.73. The van der Waals surface area contributed by atoms with Crippen molar-refractivity contribution in [1.29, 1.82) is 0 Å². The molecule has 26 heavy (non-hydrogen) atoms. The molecule has 2 aromatic carbocycles. The van der Waals surface area contributed by atoms with Gasteiger partial charge in [0.05, 0.1) is 4.90 Å². The zero-order valence-corrected chi connectivity index (χ0v) is 16.1. The van der Waals surface area contributed by atoms with Crippen LogP contribution >= 0.6 is 0 Å². The van der Waals surface area contributed by atoms with Crippen LogP contribution in [0.5, 0.6) is 0 Å². The summed E-state index contributed by atoms with van der Waals surface area (Å²) in [7, 11) is -3.62. The summed E-state index contributed by atoms with van der Waals surface area (Å²) in [4.78, 5) is 11.9. The number of carbonyl (C=O) groups excluding carboxylic acids is 1. The number of nitrogens with one attached hydrogen (secondary N) is 2. The van der Waals surface area contributed by atoms with Crippen LogP contribution in [0.2, 0.25) is 0 Å². The second kappa shape index (κ2) is 9.38. The van der Waals surface area contributed by atoms with E-state index in [0.717, 1.165) is 24.0 Å². The monoisotopic (exact) mass is 374 g/mol. The second-order valence-electron chi connectivity index (χ2n) is 6.32. The third-order valence-corrected chi connectivity index (χ3v) is 5.43. The summed E-state index contributed by atoms with van der Waals surface area (Å²) >= 11 is 0. The maximum Gasteiger partial charge on any atom is 0.261 e. The van der Waals surface area contributed by atoms with E-state index in [2.05, 4.69) is 17.0 Å². The van der Waals surface area contributed by atoms with Gasteiger partial charge < -0.3 is 5.32 Å². The minimum absolute atomic E-state index is 0.0242. The Morgan fingerprint density at radius 3 is 2.27 bits per heavy atom. The van der Waals surface area contributed by atoms with Gasteiger partial charge >= 0.3 is 0 Å². The molecule has 0 spiro atoms. The van der Waals surface area contributed by atoms with Gasteiger partial charge in [-0.2, -0.15) is 0 Å². The molecule has 1 amide bonds. The molecule has 0 heterocycles. The summed E-state index contributed by atoms with van der Waals surface area (Å²) in [5, 5.41) is 2.88. The molecule has 0 atom stereocenters. The number of hydrogen-bond acceptors (Lipinski definition) is 3. The van der Waals surface area contributed by atoms with Crippen molar-refractivity contribution in [3.63, 3.8) is 0 Å². The maximum absolute atomic E-state index is 12.4. The first kappa shape index (κ1) is 20.0. The van der Waals surface area contributed by atoms with Crippen LogP contribution in [0.3, 0.4) is 0 Å². The molecule has 0 unspecified atom stereocenters. The Balaban J connectivity index is 1.93. The maximum atomic E-state index is 12.4. The van der Waals surface area contributed by atoms with Gasteiger partial charge in [0.15, 0.2) is 0 Å². The van der Waals surface area contributed by atoms with E-state index >= 15 is 0 Å². The first-order valence-electron chi connectivity index (χ1n) is 8.86. The molecule has 140 valence electrons. The number of amides is 1. The fraction of sp³-hybridized carbons (Fsp3) is 0.350. The SMILES string of the molecule is CCCCNC(=O)CCc1ccc(S(=O)(=O)Nc2ccc(C)cc2)cc1. The zero-order chi connectivity index (χ0) is 19.0. The van der Waals surface area contributed by atoms with Gasteiger partial charge in [-0.3, -0.25) is 9.52 Å². The van der Waals surface area contributed by atoms with Crippen LogP contribution in [0.4, 0.5) is 5.69 Å². The van der Waals surface area contributed by atoms with E-state index in [1.54, 1.807) is 36.4 Å². The predicted molar refractivity (Wildman–Crippen MR) is 105 cm³/mol. The molecule has 2 aromatic rings. The van der Waals surface area contributed by atoms with E-state index in [4.69, 9.17) is 0 Å². The van der Waals surface area contributed by atoms with Gasteiger partial charge in [0.25, 0.3) is 10.0 Å². The molecule has 0 aromatic heterocycles. The molecule has 0 saturated heterocycles. The molecule has 0 radical (unpaired) electrons.